The van der Waals surface area contributed by atoms with Crippen LogP contribution in [-0.4, -0.2) is 22.8 Å². The number of rotatable bonds is 5. The maximum atomic E-state index is 13.6. The first kappa shape index (κ1) is 15.0. The molecular weight excluding hydrogens is 351 g/mol. The molecule has 8 heteroatoms. The lowest BCUT2D eigenvalue weighted by atomic mass is 10.2. The van der Waals surface area contributed by atoms with Crippen molar-refractivity contribution in [2.45, 2.75) is 17.9 Å². The maximum absolute atomic E-state index is 13.6. The van der Waals surface area contributed by atoms with Crippen LogP contribution in [0.25, 0.3) is 0 Å². The van der Waals surface area contributed by atoms with Crippen molar-refractivity contribution in [3.8, 4) is 0 Å². The van der Waals surface area contributed by atoms with E-state index in [-0.39, 0.29) is 23.5 Å². The van der Waals surface area contributed by atoms with Crippen LogP contribution in [0.2, 0.25) is 0 Å². The fraction of sp³-hybridized carbons (Fsp3) is 0.250. The normalized spacial score (nSPS) is 10.6. The molecule has 0 saturated heterocycles. The molecule has 1 heterocycles. The van der Waals surface area contributed by atoms with Crippen molar-refractivity contribution in [2.75, 3.05) is 6.61 Å². The Bertz CT molecular complexity index is 620. The average molecular weight is 361 g/mol. The largest absolute Gasteiger partial charge is 0.459 e. The fourth-order valence-electron chi connectivity index (χ4n) is 1.32. The molecule has 0 saturated carbocycles. The minimum Gasteiger partial charge on any atom is -0.459 e. The summed E-state index contributed by atoms with van der Waals surface area (Å²) in [5.41, 5.74) is 0.508. The van der Waals surface area contributed by atoms with E-state index in [0.29, 0.717) is 15.8 Å². The monoisotopic (exact) mass is 360 g/mol. The first-order valence-electron chi connectivity index (χ1n) is 5.67. The van der Waals surface area contributed by atoms with Gasteiger partial charge in [0.15, 0.2) is 0 Å². The smallest absolute Gasteiger partial charge is 0.396 e. The SMILES string of the molecule is CCOC(=O)c1nnc(SCc2ccc(Br)cc2F)o1. The third-order valence-corrected chi connectivity index (χ3v) is 3.58. The standard InChI is InChI=1S/C12H10BrFN2O3S/c1-2-18-11(17)10-15-16-12(19-10)20-6-7-3-4-8(13)5-9(7)14/h3-5H,2,6H2,1H3. The highest BCUT2D eigenvalue weighted by Gasteiger charge is 2.16. The van der Waals surface area contributed by atoms with Crippen molar-refractivity contribution in [1.29, 1.82) is 0 Å². The van der Waals surface area contributed by atoms with Crippen molar-refractivity contribution in [3.05, 3.63) is 39.9 Å². The minimum absolute atomic E-state index is 0.190. The number of carbonyl (C=O) groups excluding carboxylic acids is 1. The van der Waals surface area contributed by atoms with Crippen LogP contribution in [0.15, 0.2) is 32.3 Å². The van der Waals surface area contributed by atoms with E-state index in [9.17, 15) is 9.18 Å². The van der Waals surface area contributed by atoms with Gasteiger partial charge in [-0.3, -0.25) is 0 Å². The van der Waals surface area contributed by atoms with E-state index in [1.165, 1.54) is 6.07 Å². The van der Waals surface area contributed by atoms with Gasteiger partial charge in [0.25, 0.3) is 5.22 Å². The van der Waals surface area contributed by atoms with Gasteiger partial charge in [-0.25, -0.2) is 9.18 Å². The Morgan fingerprint density at radius 1 is 1.50 bits per heavy atom. The van der Waals surface area contributed by atoms with Crippen LogP contribution in [0.1, 0.15) is 23.2 Å². The van der Waals surface area contributed by atoms with Crippen molar-refractivity contribution >= 4 is 33.7 Å². The number of benzene rings is 1. The molecule has 0 aliphatic rings. The molecule has 0 radical (unpaired) electrons. The van der Waals surface area contributed by atoms with Crippen molar-refractivity contribution in [2.24, 2.45) is 0 Å². The highest BCUT2D eigenvalue weighted by Crippen LogP contribution is 2.24. The molecule has 0 fully saturated rings. The molecule has 1 aromatic heterocycles. The first-order valence-corrected chi connectivity index (χ1v) is 7.45. The summed E-state index contributed by atoms with van der Waals surface area (Å²) in [6.07, 6.45) is 0. The van der Waals surface area contributed by atoms with Gasteiger partial charge in [0.1, 0.15) is 5.82 Å². The minimum atomic E-state index is -0.665. The molecule has 5 nitrogen and oxygen atoms in total. The van der Waals surface area contributed by atoms with Crippen LogP contribution in [0.3, 0.4) is 0 Å². The molecule has 2 aromatic rings. The Hall–Kier alpha value is -1.41. The molecule has 0 aliphatic carbocycles. The van der Waals surface area contributed by atoms with Gasteiger partial charge in [-0.15, -0.1) is 5.10 Å². The molecular formula is C12H10BrFN2O3S. The number of carbonyl (C=O) groups is 1. The van der Waals surface area contributed by atoms with Crippen LogP contribution in [0.5, 0.6) is 0 Å². The summed E-state index contributed by atoms with van der Waals surface area (Å²) in [4.78, 5) is 11.3. The summed E-state index contributed by atoms with van der Waals surface area (Å²) < 4.78 is 24.1. The third kappa shape index (κ3) is 3.80. The third-order valence-electron chi connectivity index (χ3n) is 2.22. The average Bonchev–Trinajstić information content (AvgIpc) is 2.87. The zero-order valence-electron chi connectivity index (χ0n) is 10.4. The Balaban J connectivity index is 1.99. The lowest BCUT2D eigenvalue weighted by Gasteiger charge is -2.01. The highest BCUT2D eigenvalue weighted by atomic mass is 79.9. The molecule has 106 valence electrons. The number of nitrogens with zero attached hydrogens (tertiary/aromatic N) is 2. The van der Waals surface area contributed by atoms with Crippen molar-refractivity contribution in [3.63, 3.8) is 0 Å². The summed E-state index contributed by atoms with van der Waals surface area (Å²) in [6.45, 7) is 1.91. The van der Waals surface area contributed by atoms with Crippen LogP contribution in [0.4, 0.5) is 4.39 Å². The molecule has 20 heavy (non-hydrogen) atoms. The number of hydrogen-bond acceptors (Lipinski definition) is 6. The molecule has 0 spiro atoms. The lowest BCUT2D eigenvalue weighted by molar-refractivity contribution is 0.0475. The molecule has 1 aromatic carbocycles. The topological polar surface area (TPSA) is 65.2 Å². The molecule has 0 unspecified atom stereocenters. The summed E-state index contributed by atoms with van der Waals surface area (Å²) in [6, 6.07) is 4.79. The molecule has 0 N–H and O–H groups in total. The van der Waals surface area contributed by atoms with Crippen molar-refractivity contribution in [1.82, 2.24) is 10.2 Å². The van der Waals surface area contributed by atoms with Crippen LogP contribution >= 0.6 is 27.7 Å². The van der Waals surface area contributed by atoms with Gasteiger partial charge in [0.05, 0.1) is 6.61 Å². The molecule has 0 amide bonds. The summed E-state index contributed by atoms with van der Waals surface area (Å²) in [5.74, 6) is -0.867. The Kier molecular flexibility index (Phi) is 5.13. The van der Waals surface area contributed by atoms with Crippen LogP contribution < -0.4 is 0 Å². The van der Waals surface area contributed by atoms with E-state index in [0.717, 1.165) is 11.8 Å². The molecule has 2 rings (SSSR count). The van der Waals surface area contributed by atoms with Crippen molar-refractivity contribution < 1.29 is 18.3 Å². The predicted octanol–water partition coefficient (Wildman–Crippen LogP) is 3.44. The van der Waals surface area contributed by atoms with E-state index in [4.69, 9.17) is 9.15 Å². The van der Waals surface area contributed by atoms with Crippen LogP contribution in [-0.2, 0) is 10.5 Å². The zero-order valence-corrected chi connectivity index (χ0v) is 12.8. The Morgan fingerprint density at radius 2 is 2.30 bits per heavy atom. The lowest BCUT2D eigenvalue weighted by Crippen LogP contribution is -2.04. The van der Waals surface area contributed by atoms with E-state index < -0.39 is 5.97 Å². The number of ether oxygens (including phenoxy) is 1. The second-order valence-corrected chi connectivity index (χ2v) is 5.46. The first-order chi connectivity index (χ1) is 9.60. The van der Waals surface area contributed by atoms with E-state index in [1.807, 2.05) is 0 Å². The molecule has 0 aliphatic heterocycles. The van der Waals surface area contributed by atoms with E-state index in [2.05, 4.69) is 26.1 Å². The fourth-order valence-corrected chi connectivity index (χ4v) is 2.40. The quantitative estimate of drug-likeness (QED) is 0.601. The van der Waals surface area contributed by atoms with Gasteiger partial charge >= 0.3 is 11.9 Å². The van der Waals surface area contributed by atoms with Gasteiger partial charge in [-0.1, -0.05) is 38.9 Å². The maximum Gasteiger partial charge on any atom is 0.396 e. The Morgan fingerprint density at radius 3 is 3.00 bits per heavy atom. The van der Waals surface area contributed by atoms with Gasteiger partial charge in [-0.05, 0) is 24.6 Å². The van der Waals surface area contributed by atoms with E-state index in [1.54, 1.807) is 19.1 Å². The summed E-state index contributed by atoms with van der Waals surface area (Å²) in [5, 5.41) is 7.46. The second-order valence-electron chi connectivity index (χ2n) is 3.62. The van der Waals surface area contributed by atoms with Gasteiger partial charge < -0.3 is 9.15 Å². The number of esters is 1. The predicted molar refractivity (Wildman–Crippen MR) is 73.9 cm³/mol. The van der Waals surface area contributed by atoms with Crippen LogP contribution in [0, 0.1) is 5.82 Å². The number of hydrogen-bond donors (Lipinski definition) is 0. The summed E-state index contributed by atoms with van der Waals surface area (Å²) in [7, 11) is 0. The van der Waals surface area contributed by atoms with Gasteiger partial charge in [0, 0.05) is 10.2 Å². The van der Waals surface area contributed by atoms with E-state index >= 15 is 0 Å². The molecule has 0 bridgehead atoms. The number of halogens is 2. The Labute approximate surface area is 127 Å². The van der Waals surface area contributed by atoms with Gasteiger partial charge in [0.2, 0.25) is 0 Å². The van der Waals surface area contributed by atoms with Gasteiger partial charge in [-0.2, -0.15) is 0 Å². The molecule has 0 atom stereocenters. The second kappa shape index (κ2) is 6.85. The highest BCUT2D eigenvalue weighted by molar-refractivity contribution is 9.10. The number of thioether (sulfide) groups is 1. The number of aromatic nitrogens is 2. The zero-order chi connectivity index (χ0) is 14.5. The summed E-state index contributed by atoms with van der Waals surface area (Å²) >= 11 is 4.33.